The number of hydrogen-bond donors (Lipinski definition) is 1. The van der Waals surface area contributed by atoms with Crippen LogP contribution < -0.4 is 5.32 Å². The Hall–Kier alpha value is -2.59. The van der Waals surface area contributed by atoms with Gasteiger partial charge in [-0.1, -0.05) is 0 Å². The Bertz CT molecular complexity index is 1140. The maximum Gasteiger partial charge on any atom is 0.243 e. The maximum absolute atomic E-state index is 13.6. The molecule has 4 rings (SSSR count). The van der Waals surface area contributed by atoms with Crippen molar-refractivity contribution in [1.29, 1.82) is 0 Å². The zero-order valence-electron chi connectivity index (χ0n) is 17.9. The minimum Gasteiger partial charge on any atom is -0.373 e. The number of aryl methyl sites for hydroxylation is 1. The van der Waals surface area contributed by atoms with E-state index in [-0.39, 0.29) is 28.8 Å². The van der Waals surface area contributed by atoms with Crippen LogP contribution in [0, 0.1) is 12.7 Å². The van der Waals surface area contributed by atoms with Crippen molar-refractivity contribution >= 4 is 21.7 Å². The average Bonchev–Trinajstić information content (AvgIpc) is 3.25. The summed E-state index contributed by atoms with van der Waals surface area (Å²) in [4.78, 5) is 22.9. The van der Waals surface area contributed by atoms with E-state index in [2.05, 4.69) is 10.3 Å². The summed E-state index contributed by atoms with van der Waals surface area (Å²) in [5.74, 6) is 0.948. The van der Waals surface area contributed by atoms with Gasteiger partial charge in [-0.15, -0.1) is 0 Å². The number of carbonyl (C=O) groups is 1. The Morgan fingerprint density at radius 3 is 2.68 bits per heavy atom. The topological polar surface area (TPSA) is 95.5 Å². The fourth-order valence-corrected chi connectivity index (χ4v) is 5.69. The summed E-state index contributed by atoms with van der Waals surface area (Å²) in [6.07, 6.45) is 1.26. The molecule has 2 aliphatic heterocycles. The van der Waals surface area contributed by atoms with Gasteiger partial charge in [-0.25, -0.2) is 22.8 Å². The molecular weight excluding hydrogens is 421 g/mol. The van der Waals surface area contributed by atoms with Gasteiger partial charge in [0.2, 0.25) is 15.9 Å². The highest BCUT2D eigenvalue weighted by Gasteiger charge is 2.33. The predicted octanol–water partition coefficient (Wildman–Crippen LogP) is 2.05. The second-order valence-electron chi connectivity index (χ2n) is 8.06. The molecule has 0 saturated carbocycles. The molecule has 3 heterocycles. The fraction of sp³-hybridized carbons (Fsp3) is 0.476. The van der Waals surface area contributed by atoms with E-state index in [1.165, 1.54) is 22.5 Å². The number of nitrogens with one attached hydrogen (secondary N) is 1. The normalized spacial score (nSPS) is 19.4. The number of nitrogens with zero attached hydrogens (tertiary/aromatic N) is 4. The number of benzene rings is 1. The van der Waals surface area contributed by atoms with E-state index in [4.69, 9.17) is 4.98 Å². The highest BCUT2D eigenvalue weighted by molar-refractivity contribution is 7.89. The molecule has 0 spiro atoms. The van der Waals surface area contributed by atoms with Gasteiger partial charge in [0.15, 0.2) is 0 Å². The van der Waals surface area contributed by atoms with Gasteiger partial charge in [0.05, 0.1) is 17.1 Å². The van der Waals surface area contributed by atoms with Gasteiger partial charge < -0.3 is 10.2 Å². The van der Waals surface area contributed by atoms with Crippen LogP contribution in [0.5, 0.6) is 0 Å². The first-order chi connectivity index (χ1) is 14.7. The Balaban J connectivity index is 1.65. The van der Waals surface area contributed by atoms with E-state index in [9.17, 15) is 17.6 Å². The zero-order valence-corrected chi connectivity index (χ0v) is 18.7. The number of fused-ring (bicyclic) bond motifs is 1. The van der Waals surface area contributed by atoms with Crippen molar-refractivity contribution < 1.29 is 17.6 Å². The molecule has 0 bridgehead atoms. The van der Waals surface area contributed by atoms with Crippen LogP contribution in [0.25, 0.3) is 0 Å². The zero-order chi connectivity index (χ0) is 22.3. The molecule has 1 amide bonds. The first-order valence-corrected chi connectivity index (χ1v) is 11.7. The summed E-state index contributed by atoms with van der Waals surface area (Å²) in [7, 11) is -2.00. The number of carbonyl (C=O) groups excluding carboxylic acids is 1. The Morgan fingerprint density at radius 1 is 1.26 bits per heavy atom. The highest BCUT2D eigenvalue weighted by atomic mass is 32.2. The number of rotatable bonds is 4. The minimum atomic E-state index is -3.78. The summed E-state index contributed by atoms with van der Waals surface area (Å²) in [5, 5.41) is 3.11. The van der Waals surface area contributed by atoms with Crippen molar-refractivity contribution in [2.24, 2.45) is 0 Å². The Morgan fingerprint density at radius 2 is 2.03 bits per heavy atom. The molecule has 1 atom stereocenters. The molecule has 1 aromatic heterocycles. The third kappa shape index (κ3) is 4.01. The monoisotopic (exact) mass is 447 g/mol. The number of hydrogen-bond acceptors (Lipinski definition) is 6. The molecule has 0 unspecified atom stereocenters. The fourth-order valence-electron chi connectivity index (χ4n) is 4.20. The number of amides is 1. The third-order valence-electron chi connectivity index (χ3n) is 6.05. The maximum atomic E-state index is 13.6. The lowest BCUT2D eigenvalue weighted by atomic mass is 10.0. The summed E-state index contributed by atoms with van der Waals surface area (Å²) in [6.45, 7) is 4.75. The first-order valence-electron chi connectivity index (χ1n) is 10.3. The van der Waals surface area contributed by atoms with E-state index in [1.54, 1.807) is 25.8 Å². The van der Waals surface area contributed by atoms with E-state index >= 15 is 0 Å². The lowest BCUT2D eigenvalue weighted by Gasteiger charge is -2.29. The number of halogens is 1. The van der Waals surface area contributed by atoms with Crippen molar-refractivity contribution in [2.75, 3.05) is 32.0 Å². The second-order valence-corrected chi connectivity index (χ2v) is 9.99. The van der Waals surface area contributed by atoms with E-state index in [0.717, 1.165) is 12.0 Å². The largest absolute Gasteiger partial charge is 0.373 e. The van der Waals surface area contributed by atoms with Gasteiger partial charge >= 0.3 is 0 Å². The Labute approximate surface area is 181 Å². The van der Waals surface area contributed by atoms with Crippen molar-refractivity contribution in [2.45, 2.75) is 44.0 Å². The SMILES string of the molecule is CNc1nc([C@H]2CCN(C(C)=O)C2)nc2c1CCN(S(=O)(=O)c1ccc(F)c(C)c1)C2. The molecule has 0 aliphatic carbocycles. The van der Waals surface area contributed by atoms with Crippen molar-refractivity contribution in [3.05, 3.63) is 46.7 Å². The van der Waals surface area contributed by atoms with E-state index in [0.29, 0.717) is 43.4 Å². The lowest BCUT2D eigenvalue weighted by molar-refractivity contribution is -0.127. The number of sulfonamides is 1. The van der Waals surface area contributed by atoms with Crippen LogP contribution >= 0.6 is 0 Å². The van der Waals surface area contributed by atoms with Gasteiger partial charge in [0.1, 0.15) is 17.5 Å². The van der Waals surface area contributed by atoms with Gasteiger partial charge in [-0.3, -0.25) is 4.79 Å². The van der Waals surface area contributed by atoms with E-state index < -0.39 is 15.8 Å². The third-order valence-corrected chi connectivity index (χ3v) is 7.89. The molecule has 2 aliphatic rings. The van der Waals surface area contributed by atoms with Crippen LogP contribution in [0.1, 0.15) is 41.9 Å². The average molecular weight is 448 g/mol. The molecule has 0 radical (unpaired) electrons. The van der Waals surface area contributed by atoms with E-state index in [1.807, 2.05) is 0 Å². The Kier molecular flexibility index (Phi) is 5.69. The van der Waals surface area contributed by atoms with Crippen molar-refractivity contribution in [3.8, 4) is 0 Å². The van der Waals surface area contributed by atoms with Crippen molar-refractivity contribution in [3.63, 3.8) is 0 Å². The predicted molar refractivity (Wildman–Crippen MR) is 114 cm³/mol. The molecular formula is C21H26FN5O3S. The lowest BCUT2D eigenvalue weighted by Crippen LogP contribution is -2.37. The molecule has 31 heavy (non-hydrogen) atoms. The quantitative estimate of drug-likeness (QED) is 0.771. The van der Waals surface area contributed by atoms with Crippen LogP contribution in [-0.4, -0.2) is 60.2 Å². The van der Waals surface area contributed by atoms with Crippen LogP contribution in [0.4, 0.5) is 10.2 Å². The summed E-state index contributed by atoms with van der Waals surface area (Å²) in [6, 6.07) is 3.84. The van der Waals surface area contributed by atoms with Gasteiger partial charge in [0, 0.05) is 45.1 Å². The van der Waals surface area contributed by atoms with Crippen LogP contribution in [-0.2, 0) is 27.8 Å². The number of likely N-dealkylation sites (tertiary alicyclic amines) is 1. The molecule has 1 saturated heterocycles. The van der Waals surface area contributed by atoms with Gasteiger partial charge in [0.25, 0.3) is 0 Å². The summed E-state index contributed by atoms with van der Waals surface area (Å²) >= 11 is 0. The number of anilines is 1. The molecule has 10 heteroatoms. The molecule has 166 valence electrons. The molecule has 1 aromatic carbocycles. The van der Waals surface area contributed by atoms with Gasteiger partial charge in [-0.05, 0) is 43.5 Å². The smallest absolute Gasteiger partial charge is 0.243 e. The van der Waals surface area contributed by atoms with Crippen LogP contribution in [0.3, 0.4) is 0 Å². The first kappa shape index (κ1) is 21.6. The minimum absolute atomic E-state index is 0.0213. The molecule has 1 fully saturated rings. The molecule has 8 nitrogen and oxygen atoms in total. The van der Waals surface area contributed by atoms with Crippen LogP contribution in [0.15, 0.2) is 23.1 Å². The standard InChI is InChI=1S/C21H26FN5O3S/c1-13-10-16(4-5-18(13)22)31(29,30)27-9-7-17-19(12-27)24-20(25-21(17)23-3)15-6-8-26(11-15)14(2)28/h4-5,10,15H,6-9,11-12H2,1-3H3,(H,23,24,25)/t15-/m0/s1. The number of aromatic nitrogens is 2. The summed E-state index contributed by atoms with van der Waals surface area (Å²) < 4.78 is 41.4. The second kappa shape index (κ2) is 8.16. The highest BCUT2D eigenvalue weighted by Crippen LogP contribution is 2.31. The van der Waals surface area contributed by atoms with Crippen molar-refractivity contribution in [1.82, 2.24) is 19.2 Å². The van der Waals surface area contributed by atoms with Gasteiger partial charge in [-0.2, -0.15) is 4.31 Å². The molecule has 1 N–H and O–H groups in total. The summed E-state index contributed by atoms with van der Waals surface area (Å²) in [5.41, 5.74) is 1.87. The molecule has 2 aromatic rings. The van der Waals surface area contributed by atoms with Crippen LogP contribution in [0.2, 0.25) is 0 Å².